The molecule has 0 aromatic carbocycles. The third-order valence-corrected chi connectivity index (χ3v) is 5.94. The highest BCUT2D eigenvalue weighted by molar-refractivity contribution is 6.04. The van der Waals surface area contributed by atoms with E-state index in [1.807, 2.05) is 6.08 Å². The maximum absolute atomic E-state index is 12.4. The van der Waals surface area contributed by atoms with Gasteiger partial charge in [-0.2, -0.15) is 0 Å². The second kappa shape index (κ2) is 4.09. The molecule has 0 radical (unpaired) electrons. The highest BCUT2D eigenvalue weighted by Gasteiger charge is 2.69. The van der Waals surface area contributed by atoms with Crippen molar-refractivity contribution in [1.29, 1.82) is 0 Å². The van der Waals surface area contributed by atoms with Gasteiger partial charge in [-0.25, -0.2) is 0 Å². The Labute approximate surface area is 119 Å². The zero-order valence-electron chi connectivity index (χ0n) is 12.6. The number of esters is 2. The standard InChI is InChI=1S/C16H22O4/c1-15(2)9-6-5-7-10-12(9)11(15)8-16(10,13(17)19-3)14(18)20-4/h8-10,12H,5-7H2,1-4H3/t9-,10+,12-/m0/s1. The second-order valence-electron chi connectivity index (χ2n) is 6.84. The number of rotatable bonds is 2. The number of allylic oxidation sites excluding steroid dienone is 1. The summed E-state index contributed by atoms with van der Waals surface area (Å²) in [6, 6.07) is 0. The first kappa shape index (κ1) is 13.7. The first-order chi connectivity index (χ1) is 9.41. The fourth-order valence-electron chi connectivity index (χ4n) is 4.98. The molecule has 2 fully saturated rings. The van der Waals surface area contributed by atoms with Gasteiger partial charge in [-0.05, 0) is 36.0 Å². The first-order valence-electron chi connectivity index (χ1n) is 7.31. The highest BCUT2D eigenvalue weighted by atomic mass is 16.5. The molecular weight excluding hydrogens is 256 g/mol. The summed E-state index contributed by atoms with van der Waals surface area (Å²) in [5, 5.41) is 0. The summed E-state index contributed by atoms with van der Waals surface area (Å²) in [5.74, 6) is 0.0187. The number of hydrogen-bond donors (Lipinski definition) is 0. The van der Waals surface area contributed by atoms with E-state index in [2.05, 4.69) is 13.8 Å². The zero-order chi connectivity index (χ0) is 14.7. The Hall–Kier alpha value is -1.32. The van der Waals surface area contributed by atoms with E-state index in [4.69, 9.17) is 9.47 Å². The van der Waals surface area contributed by atoms with Crippen LogP contribution in [0.25, 0.3) is 0 Å². The molecule has 0 amide bonds. The minimum Gasteiger partial charge on any atom is -0.468 e. The lowest BCUT2D eigenvalue weighted by molar-refractivity contribution is -0.172. The number of hydrogen-bond acceptors (Lipinski definition) is 4. The summed E-state index contributed by atoms with van der Waals surface area (Å²) in [4.78, 5) is 24.8. The molecule has 0 aromatic rings. The van der Waals surface area contributed by atoms with Crippen LogP contribution in [0.15, 0.2) is 11.6 Å². The van der Waals surface area contributed by atoms with Gasteiger partial charge in [0.15, 0.2) is 5.41 Å². The molecule has 0 N–H and O–H groups in total. The van der Waals surface area contributed by atoms with Gasteiger partial charge in [0.05, 0.1) is 14.2 Å². The van der Waals surface area contributed by atoms with Gasteiger partial charge in [0, 0.05) is 0 Å². The number of methoxy groups -OCH3 is 2. The van der Waals surface area contributed by atoms with E-state index in [-0.39, 0.29) is 11.3 Å². The normalized spacial score (nSPS) is 35.4. The minimum absolute atomic E-state index is 0.0178. The van der Waals surface area contributed by atoms with Crippen molar-refractivity contribution in [2.75, 3.05) is 14.2 Å². The third kappa shape index (κ3) is 1.32. The lowest BCUT2D eigenvalue weighted by Crippen LogP contribution is -2.53. The molecule has 0 spiro atoms. The lowest BCUT2D eigenvalue weighted by Gasteiger charge is -2.57. The Morgan fingerprint density at radius 3 is 2.20 bits per heavy atom. The molecule has 20 heavy (non-hydrogen) atoms. The Morgan fingerprint density at radius 2 is 1.65 bits per heavy atom. The molecule has 2 saturated carbocycles. The van der Waals surface area contributed by atoms with Crippen molar-refractivity contribution in [3.05, 3.63) is 11.6 Å². The fourth-order valence-corrected chi connectivity index (χ4v) is 4.98. The summed E-state index contributed by atoms with van der Waals surface area (Å²) in [7, 11) is 2.69. The van der Waals surface area contributed by atoms with Gasteiger partial charge in [0.2, 0.25) is 0 Å². The van der Waals surface area contributed by atoms with Crippen molar-refractivity contribution in [2.24, 2.45) is 28.6 Å². The van der Waals surface area contributed by atoms with Crippen LogP contribution in [-0.4, -0.2) is 26.2 Å². The Morgan fingerprint density at radius 1 is 1.10 bits per heavy atom. The van der Waals surface area contributed by atoms with E-state index < -0.39 is 17.4 Å². The van der Waals surface area contributed by atoms with Crippen LogP contribution in [0.3, 0.4) is 0 Å². The van der Waals surface area contributed by atoms with Gasteiger partial charge >= 0.3 is 11.9 Å². The summed E-state index contributed by atoms with van der Waals surface area (Å²) in [6.45, 7) is 4.43. The molecule has 3 aliphatic carbocycles. The molecule has 0 heterocycles. The molecule has 3 aliphatic rings. The minimum atomic E-state index is -1.21. The predicted octanol–water partition coefficient (Wildman–Crippen LogP) is 2.33. The monoisotopic (exact) mass is 278 g/mol. The van der Waals surface area contributed by atoms with Gasteiger partial charge in [0.1, 0.15) is 0 Å². The van der Waals surface area contributed by atoms with E-state index in [1.54, 1.807) is 0 Å². The molecule has 0 aliphatic heterocycles. The molecule has 0 unspecified atom stereocenters. The SMILES string of the molecule is COC(=O)C1(C(=O)OC)C=C2[C@@H]3[C@H]1CCC[C@@H]3C2(C)C. The van der Waals surface area contributed by atoms with Crippen LogP contribution >= 0.6 is 0 Å². The van der Waals surface area contributed by atoms with Gasteiger partial charge in [-0.3, -0.25) is 9.59 Å². The van der Waals surface area contributed by atoms with E-state index in [9.17, 15) is 9.59 Å². The molecular formula is C16H22O4. The van der Waals surface area contributed by atoms with Crippen LogP contribution < -0.4 is 0 Å². The van der Waals surface area contributed by atoms with Crippen molar-refractivity contribution in [1.82, 2.24) is 0 Å². The van der Waals surface area contributed by atoms with Crippen LogP contribution in [0.1, 0.15) is 33.1 Å². The van der Waals surface area contributed by atoms with Gasteiger partial charge in [-0.1, -0.05) is 31.9 Å². The number of carbonyl (C=O) groups is 2. The van der Waals surface area contributed by atoms with Crippen LogP contribution in [0.4, 0.5) is 0 Å². The van der Waals surface area contributed by atoms with Crippen molar-refractivity contribution in [3.8, 4) is 0 Å². The van der Waals surface area contributed by atoms with Crippen molar-refractivity contribution in [3.63, 3.8) is 0 Å². The zero-order valence-corrected chi connectivity index (χ0v) is 12.6. The van der Waals surface area contributed by atoms with Gasteiger partial charge < -0.3 is 9.47 Å². The van der Waals surface area contributed by atoms with E-state index in [0.29, 0.717) is 11.8 Å². The lowest BCUT2D eigenvalue weighted by atomic mass is 9.46. The molecule has 3 atom stereocenters. The molecule has 0 bridgehead atoms. The van der Waals surface area contributed by atoms with Crippen LogP contribution in [0, 0.1) is 28.6 Å². The molecule has 3 rings (SSSR count). The van der Waals surface area contributed by atoms with Gasteiger partial charge in [0.25, 0.3) is 0 Å². The van der Waals surface area contributed by atoms with E-state index in [1.165, 1.54) is 26.2 Å². The topological polar surface area (TPSA) is 52.6 Å². The highest BCUT2D eigenvalue weighted by Crippen LogP contribution is 2.70. The maximum Gasteiger partial charge on any atom is 0.327 e. The van der Waals surface area contributed by atoms with Crippen molar-refractivity contribution >= 4 is 11.9 Å². The Balaban J connectivity index is 2.12. The van der Waals surface area contributed by atoms with Gasteiger partial charge in [-0.15, -0.1) is 0 Å². The second-order valence-corrected chi connectivity index (χ2v) is 6.84. The predicted molar refractivity (Wildman–Crippen MR) is 72.7 cm³/mol. The number of carbonyl (C=O) groups excluding carboxylic acids is 2. The molecule has 4 heteroatoms. The largest absolute Gasteiger partial charge is 0.468 e. The van der Waals surface area contributed by atoms with Crippen LogP contribution in [0.5, 0.6) is 0 Å². The van der Waals surface area contributed by atoms with E-state index in [0.717, 1.165) is 12.8 Å². The number of ether oxygens (including phenoxy) is 2. The molecule has 0 saturated heterocycles. The smallest absolute Gasteiger partial charge is 0.327 e. The summed E-state index contributed by atoms with van der Waals surface area (Å²) in [6.07, 6.45) is 5.01. The average molecular weight is 278 g/mol. The molecule has 4 nitrogen and oxygen atoms in total. The molecule has 0 aromatic heterocycles. The summed E-state index contributed by atoms with van der Waals surface area (Å²) < 4.78 is 9.92. The third-order valence-electron chi connectivity index (χ3n) is 5.94. The van der Waals surface area contributed by atoms with Crippen LogP contribution in [0.2, 0.25) is 0 Å². The maximum atomic E-state index is 12.4. The van der Waals surface area contributed by atoms with Crippen molar-refractivity contribution in [2.45, 2.75) is 33.1 Å². The first-order valence-corrected chi connectivity index (χ1v) is 7.31. The average Bonchev–Trinajstić information content (AvgIpc) is 2.82. The fraction of sp³-hybridized carbons (Fsp3) is 0.750. The summed E-state index contributed by atoms with van der Waals surface area (Å²) >= 11 is 0. The molecule has 110 valence electrons. The summed E-state index contributed by atoms with van der Waals surface area (Å²) in [5.41, 5.74) is 0.131. The quantitative estimate of drug-likeness (QED) is 0.442. The Bertz CT molecular complexity index is 487. The van der Waals surface area contributed by atoms with Crippen LogP contribution in [-0.2, 0) is 19.1 Å². The van der Waals surface area contributed by atoms with E-state index >= 15 is 0 Å². The Kier molecular flexibility index (Phi) is 2.79. The van der Waals surface area contributed by atoms with Crippen molar-refractivity contribution < 1.29 is 19.1 Å².